The fourth-order valence-corrected chi connectivity index (χ4v) is 1.85. The molecule has 0 aromatic carbocycles. The fraction of sp³-hybridized carbons (Fsp3) is 0.583. The lowest BCUT2D eigenvalue weighted by Crippen LogP contribution is -2.32. The van der Waals surface area contributed by atoms with E-state index in [9.17, 15) is 9.90 Å². The summed E-state index contributed by atoms with van der Waals surface area (Å²) >= 11 is 0. The molecule has 1 aromatic rings. The van der Waals surface area contributed by atoms with Crippen LogP contribution >= 0.6 is 0 Å². The van der Waals surface area contributed by atoms with Gasteiger partial charge in [-0.1, -0.05) is 13.8 Å². The molecule has 1 atom stereocenters. The minimum absolute atomic E-state index is 0.0135. The van der Waals surface area contributed by atoms with Gasteiger partial charge in [0.05, 0.1) is 0 Å². The molecule has 16 heavy (non-hydrogen) atoms. The van der Waals surface area contributed by atoms with Gasteiger partial charge in [-0.15, -0.1) is 0 Å². The molecular weight excluding hydrogens is 204 g/mol. The summed E-state index contributed by atoms with van der Waals surface area (Å²) in [5.74, 6) is -0.356. The number of carbonyl (C=O) groups excluding carboxylic acids is 1. The van der Waals surface area contributed by atoms with Crippen molar-refractivity contribution in [2.24, 2.45) is 5.92 Å². The predicted octanol–water partition coefficient (Wildman–Crippen LogP) is 0.843. The lowest BCUT2D eigenvalue weighted by Gasteiger charge is -2.21. The van der Waals surface area contributed by atoms with Crippen LogP contribution in [0, 0.1) is 5.92 Å². The Morgan fingerprint density at radius 1 is 1.38 bits per heavy atom. The summed E-state index contributed by atoms with van der Waals surface area (Å²) < 4.78 is 0. The molecule has 2 rings (SSSR count). The van der Waals surface area contributed by atoms with Crippen molar-refractivity contribution in [2.45, 2.75) is 38.5 Å². The van der Waals surface area contributed by atoms with Crippen LogP contribution in [0.5, 0.6) is 0 Å². The second kappa shape index (κ2) is 4.20. The molecule has 1 aromatic heterocycles. The zero-order chi connectivity index (χ0) is 11.7. The van der Waals surface area contributed by atoms with Crippen LogP contribution in [0.4, 0.5) is 0 Å². The van der Waals surface area contributed by atoms with Crippen molar-refractivity contribution in [2.75, 3.05) is 0 Å². The van der Waals surface area contributed by atoms with Crippen molar-refractivity contribution in [1.29, 1.82) is 0 Å². The Labute approximate surface area is 94.7 Å². The van der Waals surface area contributed by atoms with E-state index in [0.29, 0.717) is 11.5 Å². The Morgan fingerprint density at radius 3 is 2.31 bits per heavy atom. The smallest absolute Gasteiger partial charge is 0.131 e. The maximum atomic E-state index is 11.0. The Morgan fingerprint density at radius 2 is 1.94 bits per heavy atom. The third kappa shape index (κ3) is 2.21. The first-order valence-corrected chi connectivity index (χ1v) is 5.62. The highest BCUT2D eigenvalue weighted by Crippen LogP contribution is 2.37. The normalized spacial score (nSPS) is 17.4. The zero-order valence-electron chi connectivity index (χ0n) is 9.51. The minimum atomic E-state index is -1.06. The third-order valence-electron chi connectivity index (χ3n) is 2.91. The average Bonchev–Trinajstić information content (AvgIpc) is 3.01. The molecular formula is C12H15N2O2-. The molecule has 0 spiro atoms. The van der Waals surface area contributed by atoms with E-state index in [1.807, 2.05) is 13.8 Å². The minimum Gasteiger partial charge on any atom is -0.549 e. The SMILES string of the molecule is CC(C)C(C(=O)[O-])c1cnc(C2CC2)nc1. The van der Waals surface area contributed by atoms with E-state index in [0.717, 1.165) is 18.7 Å². The number of aliphatic carboxylic acids is 1. The lowest BCUT2D eigenvalue weighted by atomic mass is 9.90. The van der Waals surface area contributed by atoms with E-state index in [-0.39, 0.29) is 5.92 Å². The van der Waals surface area contributed by atoms with Gasteiger partial charge < -0.3 is 9.90 Å². The molecule has 1 saturated carbocycles. The molecule has 1 aliphatic rings. The molecule has 1 aliphatic carbocycles. The molecule has 4 nitrogen and oxygen atoms in total. The molecule has 1 heterocycles. The molecule has 1 fully saturated rings. The Balaban J connectivity index is 2.21. The second-order valence-corrected chi connectivity index (χ2v) is 4.69. The van der Waals surface area contributed by atoms with Gasteiger partial charge in [0.2, 0.25) is 0 Å². The number of aromatic nitrogens is 2. The number of carboxylic acids is 1. The molecule has 0 radical (unpaired) electrons. The highest BCUT2D eigenvalue weighted by molar-refractivity contribution is 5.74. The summed E-state index contributed by atoms with van der Waals surface area (Å²) in [7, 11) is 0. The van der Waals surface area contributed by atoms with Crippen molar-refractivity contribution in [1.82, 2.24) is 9.97 Å². The van der Waals surface area contributed by atoms with Gasteiger partial charge in [0.1, 0.15) is 5.82 Å². The Bertz CT molecular complexity index is 383. The van der Waals surface area contributed by atoms with Gasteiger partial charge >= 0.3 is 0 Å². The van der Waals surface area contributed by atoms with E-state index < -0.39 is 11.9 Å². The van der Waals surface area contributed by atoms with Gasteiger partial charge in [-0.3, -0.25) is 0 Å². The largest absolute Gasteiger partial charge is 0.549 e. The molecule has 86 valence electrons. The number of carbonyl (C=O) groups is 1. The predicted molar refractivity (Wildman–Crippen MR) is 56.6 cm³/mol. The first-order chi connectivity index (χ1) is 7.59. The summed E-state index contributed by atoms with van der Waals surface area (Å²) in [5.41, 5.74) is 0.638. The van der Waals surface area contributed by atoms with Gasteiger partial charge in [-0.05, 0) is 24.3 Å². The van der Waals surface area contributed by atoms with E-state index in [1.165, 1.54) is 0 Å². The summed E-state index contributed by atoms with van der Waals surface area (Å²) in [6.07, 6.45) is 5.54. The van der Waals surface area contributed by atoms with E-state index in [2.05, 4.69) is 9.97 Å². The summed E-state index contributed by atoms with van der Waals surface area (Å²) in [4.78, 5) is 19.5. The number of hydrogen-bond donors (Lipinski definition) is 0. The van der Waals surface area contributed by atoms with Crippen LogP contribution in [0.15, 0.2) is 12.4 Å². The maximum absolute atomic E-state index is 11.0. The fourth-order valence-electron chi connectivity index (χ4n) is 1.85. The van der Waals surface area contributed by atoms with E-state index >= 15 is 0 Å². The first kappa shape index (κ1) is 11.0. The van der Waals surface area contributed by atoms with Crippen molar-refractivity contribution in [3.05, 3.63) is 23.8 Å². The lowest BCUT2D eigenvalue weighted by molar-refractivity contribution is -0.309. The standard InChI is InChI=1S/C12H16N2O2/c1-7(2)10(12(15)16)9-5-13-11(14-6-9)8-3-4-8/h5-8,10H,3-4H2,1-2H3,(H,15,16)/p-1. The number of nitrogens with zero attached hydrogens (tertiary/aromatic N) is 2. The molecule has 0 saturated heterocycles. The number of rotatable bonds is 4. The summed E-state index contributed by atoms with van der Waals surface area (Å²) in [6.45, 7) is 3.71. The summed E-state index contributed by atoms with van der Waals surface area (Å²) in [5, 5.41) is 11.0. The molecule has 0 amide bonds. The quantitative estimate of drug-likeness (QED) is 0.752. The van der Waals surface area contributed by atoms with Crippen molar-refractivity contribution < 1.29 is 9.90 Å². The molecule has 0 aliphatic heterocycles. The highest BCUT2D eigenvalue weighted by atomic mass is 16.4. The Hall–Kier alpha value is -1.45. The van der Waals surface area contributed by atoms with Crippen molar-refractivity contribution >= 4 is 5.97 Å². The maximum Gasteiger partial charge on any atom is 0.131 e. The summed E-state index contributed by atoms with van der Waals surface area (Å²) in [6, 6.07) is 0. The van der Waals surface area contributed by atoms with E-state index in [4.69, 9.17) is 0 Å². The van der Waals surface area contributed by atoms with Crippen molar-refractivity contribution in [3.8, 4) is 0 Å². The second-order valence-electron chi connectivity index (χ2n) is 4.69. The molecule has 1 unspecified atom stereocenters. The van der Waals surface area contributed by atoms with Gasteiger partial charge in [0.15, 0.2) is 0 Å². The Kier molecular flexibility index (Phi) is 2.90. The van der Waals surface area contributed by atoms with Gasteiger partial charge in [-0.2, -0.15) is 0 Å². The van der Waals surface area contributed by atoms with Gasteiger partial charge in [0.25, 0.3) is 0 Å². The topological polar surface area (TPSA) is 65.9 Å². The van der Waals surface area contributed by atoms with Crippen LogP contribution in [-0.2, 0) is 4.79 Å². The van der Waals surface area contributed by atoms with Crippen LogP contribution in [0.25, 0.3) is 0 Å². The van der Waals surface area contributed by atoms with Crippen LogP contribution in [-0.4, -0.2) is 15.9 Å². The van der Waals surface area contributed by atoms with Crippen LogP contribution in [0.2, 0.25) is 0 Å². The molecule has 4 heteroatoms. The van der Waals surface area contributed by atoms with E-state index in [1.54, 1.807) is 12.4 Å². The molecule has 0 bridgehead atoms. The van der Waals surface area contributed by atoms with Gasteiger partial charge in [-0.25, -0.2) is 9.97 Å². The zero-order valence-corrected chi connectivity index (χ0v) is 9.51. The number of carboxylic acid groups (broad SMARTS) is 1. The first-order valence-electron chi connectivity index (χ1n) is 5.62. The number of hydrogen-bond acceptors (Lipinski definition) is 4. The average molecular weight is 219 g/mol. The van der Waals surface area contributed by atoms with Crippen molar-refractivity contribution in [3.63, 3.8) is 0 Å². The highest BCUT2D eigenvalue weighted by Gasteiger charge is 2.27. The van der Waals surface area contributed by atoms with Gasteiger partial charge in [0, 0.05) is 30.2 Å². The van der Waals surface area contributed by atoms with Crippen LogP contribution in [0.3, 0.4) is 0 Å². The van der Waals surface area contributed by atoms with Crippen LogP contribution < -0.4 is 5.11 Å². The molecule has 0 N–H and O–H groups in total. The third-order valence-corrected chi connectivity index (χ3v) is 2.91. The monoisotopic (exact) mass is 219 g/mol. The van der Waals surface area contributed by atoms with Crippen LogP contribution in [0.1, 0.15) is 49.9 Å².